The predicted octanol–water partition coefficient (Wildman–Crippen LogP) is 20.1. The van der Waals surface area contributed by atoms with Crippen LogP contribution in [0.3, 0.4) is 0 Å². The minimum atomic E-state index is 0.820. The first-order chi connectivity index (χ1) is 36.7. The normalized spacial score (nSPS) is 12.5. The number of hydrogen-bond acceptors (Lipinski definition) is 4. The van der Waals surface area contributed by atoms with Crippen LogP contribution in [-0.2, 0) is 0 Å². The molecule has 0 atom stereocenters. The molecule has 74 heavy (non-hydrogen) atoms. The Bertz CT molecular complexity index is 4010. The van der Waals surface area contributed by atoms with E-state index < -0.39 is 0 Å². The molecule has 0 unspecified atom stereocenters. The summed E-state index contributed by atoms with van der Waals surface area (Å²) in [5.41, 5.74) is 15.4. The van der Waals surface area contributed by atoms with Gasteiger partial charge in [0.1, 0.15) is 0 Å². The van der Waals surface area contributed by atoms with Gasteiger partial charge < -0.3 is 19.3 Å². The van der Waals surface area contributed by atoms with Gasteiger partial charge in [-0.3, -0.25) is 0 Å². The fourth-order valence-corrected chi connectivity index (χ4v) is 11.5. The molecule has 0 saturated carbocycles. The van der Waals surface area contributed by atoms with E-state index >= 15 is 0 Å². The van der Waals surface area contributed by atoms with Gasteiger partial charge in [-0.25, -0.2) is 0 Å². The van der Waals surface area contributed by atoms with Crippen LogP contribution in [0.5, 0.6) is 23.0 Å². The Hall–Kier alpha value is -9.90. The number of hydrogen-bond donors (Lipinski definition) is 0. The summed E-state index contributed by atoms with van der Waals surface area (Å²) < 4.78 is 13.1. The summed E-state index contributed by atoms with van der Waals surface area (Å²) in [6.45, 7) is 0. The molecule has 0 amide bonds. The Balaban J connectivity index is 0.995. The summed E-state index contributed by atoms with van der Waals surface area (Å²) in [7, 11) is 0. The number of fused-ring (bicyclic) bond motifs is 8. The molecule has 4 heteroatoms. The molecular weight excluding hydrogens is 901 g/mol. The molecule has 15 rings (SSSR count). The summed E-state index contributed by atoms with van der Waals surface area (Å²) in [6.07, 6.45) is 0. The lowest BCUT2D eigenvalue weighted by molar-refractivity contribution is 0.477. The Labute approximate surface area is 428 Å². The van der Waals surface area contributed by atoms with Crippen LogP contribution in [0.25, 0.3) is 87.6 Å². The lowest BCUT2D eigenvalue weighted by atomic mass is 9.84. The molecule has 346 valence electrons. The van der Waals surface area contributed by atoms with Crippen LogP contribution >= 0.6 is 0 Å². The zero-order valence-electron chi connectivity index (χ0n) is 40.1. The Morgan fingerprint density at radius 2 is 0.527 bits per heavy atom. The number of nitrogens with zero attached hydrogens (tertiary/aromatic N) is 2. The van der Waals surface area contributed by atoms with Gasteiger partial charge in [0, 0.05) is 11.4 Å². The van der Waals surface area contributed by atoms with Gasteiger partial charge in [0.05, 0.1) is 22.7 Å². The van der Waals surface area contributed by atoms with Crippen molar-refractivity contribution in [1.29, 1.82) is 0 Å². The number of rotatable bonds is 6. The van der Waals surface area contributed by atoms with Crippen LogP contribution in [0.4, 0.5) is 34.1 Å². The SMILES string of the molecule is c1ccc2c(c1)Oc1ccccc1N2c1ccc2c(-c3ccc(-c4ccc5ccccc5c4)cc3)c3cc(N4c5ccccc5Oc5ccccc54)ccc3c(-c3ccc(-c4ccc5ccccc5c4)cc3)c2c1. The van der Waals surface area contributed by atoms with Gasteiger partial charge in [-0.1, -0.05) is 182 Å². The summed E-state index contributed by atoms with van der Waals surface area (Å²) in [5, 5.41) is 9.54. The Morgan fingerprint density at radius 3 is 0.905 bits per heavy atom. The molecule has 0 aliphatic carbocycles. The molecule has 2 aliphatic heterocycles. The highest BCUT2D eigenvalue weighted by Gasteiger charge is 2.29. The van der Waals surface area contributed by atoms with Crippen LogP contribution in [0, 0.1) is 0 Å². The third-order valence-electron chi connectivity index (χ3n) is 15.0. The van der Waals surface area contributed by atoms with Gasteiger partial charge in [-0.15, -0.1) is 0 Å². The van der Waals surface area contributed by atoms with Crippen molar-refractivity contribution in [3.63, 3.8) is 0 Å². The van der Waals surface area contributed by atoms with Crippen molar-refractivity contribution < 1.29 is 9.47 Å². The Morgan fingerprint density at radius 1 is 0.216 bits per heavy atom. The molecule has 13 aromatic rings. The third-order valence-corrected chi connectivity index (χ3v) is 15.0. The van der Waals surface area contributed by atoms with Crippen LogP contribution in [0.2, 0.25) is 0 Å². The Kier molecular flexibility index (Phi) is 9.54. The van der Waals surface area contributed by atoms with Gasteiger partial charge in [-0.2, -0.15) is 0 Å². The van der Waals surface area contributed by atoms with E-state index in [1.165, 1.54) is 54.9 Å². The van der Waals surface area contributed by atoms with E-state index in [2.05, 4.69) is 252 Å². The predicted molar refractivity (Wildman–Crippen MR) is 308 cm³/mol. The summed E-state index contributed by atoms with van der Waals surface area (Å²) in [5.74, 6) is 3.28. The molecule has 0 aromatic heterocycles. The largest absolute Gasteiger partial charge is 0.453 e. The van der Waals surface area contributed by atoms with Crippen LogP contribution in [0.15, 0.2) is 267 Å². The average Bonchev–Trinajstić information content (AvgIpc) is 3.50. The third kappa shape index (κ3) is 6.84. The van der Waals surface area contributed by atoms with Gasteiger partial charge in [0.2, 0.25) is 0 Å². The van der Waals surface area contributed by atoms with Crippen molar-refractivity contribution in [1.82, 2.24) is 0 Å². The first-order valence-electron chi connectivity index (χ1n) is 25.2. The van der Waals surface area contributed by atoms with Crippen LogP contribution in [0.1, 0.15) is 0 Å². The maximum absolute atomic E-state index is 6.53. The van der Waals surface area contributed by atoms with Crippen molar-refractivity contribution in [2.45, 2.75) is 0 Å². The van der Waals surface area contributed by atoms with Crippen molar-refractivity contribution in [3.8, 4) is 67.5 Å². The fraction of sp³-hybridized carbons (Fsp3) is 0. The number of anilines is 6. The summed E-state index contributed by atoms with van der Waals surface area (Å²) >= 11 is 0. The zero-order valence-corrected chi connectivity index (χ0v) is 40.1. The second-order valence-electron chi connectivity index (χ2n) is 19.2. The van der Waals surface area contributed by atoms with Gasteiger partial charge >= 0.3 is 0 Å². The molecule has 2 aliphatic rings. The van der Waals surface area contributed by atoms with E-state index in [-0.39, 0.29) is 0 Å². The van der Waals surface area contributed by atoms with Crippen LogP contribution < -0.4 is 19.3 Å². The van der Waals surface area contributed by atoms with E-state index in [1.54, 1.807) is 0 Å². The van der Waals surface area contributed by atoms with E-state index in [4.69, 9.17) is 9.47 Å². The average molecular weight is 945 g/mol. The molecule has 0 spiro atoms. The summed E-state index contributed by atoms with van der Waals surface area (Å²) in [6, 6.07) is 96.4. The van der Waals surface area contributed by atoms with E-state index in [0.717, 1.165) is 89.8 Å². The van der Waals surface area contributed by atoms with Gasteiger partial charge in [-0.05, 0) is 173 Å². The number of para-hydroxylation sites is 8. The van der Waals surface area contributed by atoms with Crippen molar-refractivity contribution in [3.05, 3.63) is 267 Å². The lowest BCUT2D eigenvalue weighted by Crippen LogP contribution is -2.15. The van der Waals surface area contributed by atoms with Crippen molar-refractivity contribution >= 4 is 77.2 Å². The minimum absolute atomic E-state index is 0.820. The fourth-order valence-electron chi connectivity index (χ4n) is 11.5. The molecule has 0 N–H and O–H groups in total. The second-order valence-corrected chi connectivity index (χ2v) is 19.2. The van der Waals surface area contributed by atoms with Crippen molar-refractivity contribution in [2.75, 3.05) is 9.80 Å². The first-order valence-corrected chi connectivity index (χ1v) is 25.2. The van der Waals surface area contributed by atoms with Crippen LogP contribution in [-0.4, -0.2) is 0 Å². The first kappa shape index (κ1) is 41.8. The molecule has 0 fully saturated rings. The highest BCUT2D eigenvalue weighted by molar-refractivity contribution is 6.23. The zero-order chi connectivity index (χ0) is 48.7. The molecule has 4 nitrogen and oxygen atoms in total. The van der Waals surface area contributed by atoms with E-state index in [9.17, 15) is 0 Å². The van der Waals surface area contributed by atoms with E-state index in [1.807, 2.05) is 24.3 Å². The standard InChI is InChI=1S/C70H44N2O2/c1-3-15-51-41-53(35-29-45(51)13-1)47-25-31-49(32-26-47)69-57-39-37-56(72-63-19-7-11-23-67(63)74-68-24-12-8-20-64(68)72)44-60(57)70(50-33-27-48(28-34-50)54-36-30-46-14-2-4-16-52(46)42-54)58-40-38-55(43-59(58)69)71-61-17-5-9-21-65(61)73-66-22-10-6-18-62(66)71/h1-44H. The molecular formula is C70H44N2O2. The smallest absolute Gasteiger partial charge is 0.151 e. The molecule has 13 aromatic carbocycles. The molecule has 0 radical (unpaired) electrons. The van der Waals surface area contributed by atoms with Gasteiger partial charge in [0.15, 0.2) is 23.0 Å². The van der Waals surface area contributed by atoms with E-state index in [0.29, 0.717) is 0 Å². The van der Waals surface area contributed by atoms with Crippen molar-refractivity contribution in [2.24, 2.45) is 0 Å². The topological polar surface area (TPSA) is 24.9 Å². The highest BCUT2D eigenvalue weighted by Crippen LogP contribution is 2.55. The maximum Gasteiger partial charge on any atom is 0.151 e. The monoisotopic (exact) mass is 944 g/mol. The molecule has 0 bridgehead atoms. The summed E-state index contributed by atoms with van der Waals surface area (Å²) in [4.78, 5) is 4.69. The highest BCUT2D eigenvalue weighted by atomic mass is 16.5. The molecule has 0 saturated heterocycles. The lowest BCUT2D eigenvalue weighted by Gasteiger charge is -2.33. The maximum atomic E-state index is 6.53. The van der Waals surface area contributed by atoms with Gasteiger partial charge in [0.25, 0.3) is 0 Å². The second kappa shape index (κ2) is 16.9. The molecule has 2 heterocycles. The minimum Gasteiger partial charge on any atom is -0.453 e. The quantitative estimate of drug-likeness (QED) is 0.155. The number of ether oxygens (including phenoxy) is 2. The number of benzene rings is 13.